The Labute approximate surface area is 114 Å². The second-order valence-corrected chi connectivity index (χ2v) is 5.22. The van der Waals surface area contributed by atoms with Crippen molar-refractivity contribution in [3.8, 4) is 22.3 Å². The number of nitrogen functional groups attached to an aromatic ring is 1. The average molecular weight is 272 g/mol. The van der Waals surface area contributed by atoms with Crippen molar-refractivity contribution in [2.75, 3.05) is 5.73 Å². The number of anilines is 1. The first kappa shape index (κ1) is 11.9. The zero-order valence-electron chi connectivity index (χ0n) is 10.5. The minimum Gasteiger partial charge on any atom is -0.397 e. The second-order valence-electron chi connectivity index (χ2n) is 4.31. The fourth-order valence-corrected chi connectivity index (χ4v) is 2.59. The second kappa shape index (κ2) is 4.47. The topological polar surface area (TPSA) is 77.8 Å². The van der Waals surface area contributed by atoms with Crippen LogP contribution in [0.2, 0.25) is 0 Å². The van der Waals surface area contributed by atoms with Crippen molar-refractivity contribution in [2.24, 2.45) is 0 Å². The first-order chi connectivity index (χ1) is 9.15. The smallest absolute Gasteiger partial charge is 0.270 e. The standard InChI is InChI=1S/C13H12N4OS/c1-7-5-8(2)10(15-6-7)12-16-13(18-17-12)11-9(14)3-4-19-11/h3-6H,14H2,1-2H3. The highest BCUT2D eigenvalue weighted by atomic mass is 32.1. The predicted molar refractivity (Wildman–Crippen MR) is 74.7 cm³/mol. The van der Waals surface area contributed by atoms with Gasteiger partial charge in [-0.15, -0.1) is 11.3 Å². The lowest BCUT2D eigenvalue weighted by molar-refractivity contribution is 0.433. The van der Waals surface area contributed by atoms with E-state index in [2.05, 4.69) is 15.1 Å². The molecule has 0 aromatic carbocycles. The van der Waals surface area contributed by atoms with Gasteiger partial charge < -0.3 is 10.3 Å². The molecule has 19 heavy (non-hydrogen) atoms. The lowest BCUT2D eigenvalue weighted by Crippen LogP contribution is -1.91. The van der Waals surface area contributed by atoms with E-state index in [4.69, 9.17) is 10.3 Å². The largest absolute Gasteiger partial charge is 0.397 e. The van der Waals surface area contributed by atoms with Crippen LogP contribution in [0, 0.1) is 13.8 Å². The number of hydrogen-bond donors (Lipinski definition) is 1. The molecule has 3 aromatic heterocycles. The fraction of sp³-hybridized carbons (Fsp3) is 0.154. The summed E-state index contributed by atoms with van der Waals surface area (Å²) in [5.41, 5.74) is 9.34. The monoisotopic (exact) mass is 272 g/mol. The number of rotatable bonds is 2. The molecule has 0 unspecified atom stereocenters. The minimum absolute atomic E-state index is 0.435. The molecular formula is C13H12N4OS. The van der Waals surface area contributed by atoms with Gasteiger partial charge in [0, 0.05) is 6.20 Å². The van der Waals surface area contributed by atoms with Crippen LogP contribution in [0.1, 0.15) is 11.1 Å². The molecule has 0 aliphatic heterocycles. The number of thiophene rings is 1. The molecule has 96 valence electrons. The quantitative estimate of drug-likeness (QED) is 0.775. The fourth-order valence-electron chi connectivity index (χ4n) is 1.85. The van der Waals surface area contributed by atoms with Gasteiger partial charge in [-0.3, -0.25) is 4.98 Å². The molecule has 0 fully saturated rings. The molecule has 6 heteroatoms. The number of nitrogens with zero attached hydrogens (tertiary/aromatic N) is 3. The van der Waals surface area contributed by atoms with Crippen LogP contribution in [-0.2, 0) is 0 Å². The molecule has 0 radical (unpaired) electrons. The van der Waals surface area contributed by atoms with Crippen LogP contribution in [0.25, 0.3) is 22.3 Å². The van der Waals surface area contributed by atoms with E-state index in [0.29, 0.717) is 17.4 Å². The Balaban J connectivity index is 2.04. The summed E-state index contributed by atoms with van der Waals surface area (Å²) in [6.07, 6.45) is 1.79. The van der Waals surface area contributed by atoms with Crippen LogP contribution in [0.15, 0.2) is 28.2 Å². The number of pyridine rings is 1. The van der Waals surface area contributed by atoms with Crippen LogP contribution >= 0.6 is 11.3 Å². The number of aryl methyl sites for hydroxylation is 2. The Bertz CT molecular complexity index is 732. The normalized spacial score (nSPS) is 10.8. The first-order valence-electron chi connectivity index (χ1n) is 5.76. The van der Waals surface area contributed by atoms with Gasteiger partial charge in [0.15, 0.2) is 0 Å². The summed E-state index contributed by atoms with van der Waals surface area (Å²) < 4.78 is 5.26. The maximum atomic E-state index is 5.84. The number of hydrogen-bond acceptors (Lipinski definition) is 6. The Morgan fingerprint density at radius 1 is 1.32 bits per heavy atom. The lowest BCUT2D eigenvalue weighted by atomic mass is 10.1. The zero-order valence-corrected chi connectivity index (χ0v) is 11.4. The Morgan fingerprint density at radius 2 is 2.16 bits per heavy atom. The van der Waals surface area contributed by atoms with E-state index < -0.39 is 0 Å². The van der Waals surface area contributed by atoms with Crippen molar-refractivity contribution < 1.29 is 4.52 Å². The van der Waals surface area contributed by atoms with Gasteiger partial charge in [0.05, 0.1) is 5.69 Å². The van der Waals surface area contributed by atoms with E-state index in [0.717, 1.165) is 21.7 Å². The molecule has 5 nitrogen and oxygen atoms in total. The summed E-state index contributed by atoms with van der Waals surface area (Å²) in [6.45, 7) is 3.97. The van der Waals surface area contributed by atoms with Crippen molar-refractivity contribution in [2.45, 2.75) is 13.8 Å². The molecule has 0 aliphatic carbocycles. The summed E-state index contributed by atoms with van der Waals surface area (Å²) in [5.74, 6) is 0.921. The summed E-state index contributed by atoms with van der Waals surface area (Å²) >= 11 is 1.48. The first-order valence-corrected chi connectivity index (χ1v) is 6.64. The summed E-state index contributed by atoms with van der Waals surface area (Å²) in [6, 6.07) is 3.86. The summed E-state index contributed by atoms with van der Waals surface area (Å²) in [5, 5.41) is 5.87. The highest BCUT2D eigenvalue weighted by Gasteiger charge is 2.16. The van der Waals surface area contributed by atoms with Crippen molar-refractivity contribution in [3.63, 3.8) is 0 Å². The molecule has 0 saturated heterocycles. The molecule has 0 amide bonds. The Kier molecular flexibility index (Phi) is 2.79. The Morgan fingerprint density at radius 3 is 2.84 bits per heavy atom. The zero-order chi connectivity index (χ0) is 13.4. The minimum atomic E-state index is 0.435. The molecule has 3 aromatic rings. The Hall–Kier alpha value is -2.21. The number of nitrogens with two attached hydrogens (primary N) is 1. The van der Waals surface area contributed by atoms with Crippen LogP contribution < -0.4 is 5.73 Å². The molecule has 2 N–H and O–H groups in total. The molecule has 0 saturated carbocycles. The van der Waals surface area contributed by atoms with E-state index in [1.807, 2.05) is 31.4 Å². The van der Waals surface area contributed by atoms with Crippen molar-refractivity contribution in [1.82, 2.24) is 15.1 Å². The highest BCUT2D eigenvalue weighted by Crippen LogP contribution is 2.31. The molecule has 0 aliphatic rings. The van der Waals surface area contributed by atoms with Gasteiger partial charge >= 0.3 is 0 Å². The maximum absolute atomic E-state index is 5.84. The van der Waals surface area contributed by atoms with Gasteiger partial charge in [-0.2, -0.15) is 4.98 Å². The molecule has 0 atom stereocenters. The van der Waals surface area contributed by atoms with Gasteiger partial charge in [-0.25, -0.2) is 0 Å². The highest BCUT2D eigenvalue weighted by molar-refractivity contribution is 7.14. The third kappa shape index (κ3) is 2.10. The van der Waals surface area contributed by atoms with Gasteiger partial charge in [0.2, 0.25) is 5.82 Å². The van der Waals surface area contributed by atoms with Gasteiger partial charge in [0.25, 0.3) is 5.89 Å². The third-order valence-electron chi connectivity index (χ3n) is 2.74. The SMILES string of the molecule is Cc1cnc(-c2noc(-c3sccc3N)n2)c(C)c1. The number of aromatic nitrogens is 3. The van der Waals surface area contributed by atoms with Gasteiger partial charge in [-0.05, 0) is 36.4 Å². The third-order valence-corrected chi connectivity index (χ3v) is 3.66. The van der Waals surface area contributed by atoms with Crippen LogP contribution in [0.4, 0.5) is 5.69 Å². The maximum Gasteiger partial charge on any atom is 0.270 e. The van der Waals surface area contributed by atoms with Gasteiger partial charge in [0.1, 0.15) is 10.6 Å². The van der Waals surface area contributed by atoms with Crippen LogP contribution in [0.3, 0.4) is 0 Å². The van der Waals surface area contributed by atoms with E-state index >= 15 is 0 Å². The van der Waals surface area contributed by atoms with E-state index in [1.165, 1.54) is 11.3 Å². The van der Waals surface area contributed by atoms with E-state index in [9.17, 15) is 0 Å². The van der Waals surface area contributed by atoms with Crippen molar-refractivity contribution >= 4 is 17.0 Å². The lowest BCUT2D eigenvalue weighted by Gasteiger charge is -2.00. The van der Waals surface area contributed by atoms with Gasteiger partial charge in [-0.1, -0.05) is 11.2 Å². The summed E-state index contributed by atoms with van der Waals surface area (Å²) in [4.78, 5) is 9.51. The predicted octanol–water partition coefficient (Wildman–Crippen LogP) is 3.06. The van der Waals surface area contributed by atoms with E-state index in [-0.39, 0.29) is 0 Å². The molecule has 0 spiro atoms. The molecule has 0 bridgehead atoms. The van der Waals surface area contributed by atoms with Crippen molar-refractivity contribution in [1.29, 1.82) is 0 Å². The molecular weight excluding hydrogens is 260 g/mol. The summed E-state index contributed by atoms with van der Waals surface area (Å²) in [7, 11) is 0. The van der Waals surface area contributed by atoms with Crippen molar-refractivity contribution in [3.05, 3.63) is 34.8 Å². The van der Waals surface area contributed by atoms with Crippen LogP contribution in [-0.4, -0.2) is 15.1 Å². The average Bonchev–Trinajstić information content (AvgIpc) is 2.97. The van der Waals surface area contributed by atoms with E-state index in [1.54, 1.807) is 6.20 Å². The molecule has 3 rings (SSSR count). The van der Waals surface area contributed by atoms with Crippen LogP contribution in [0.5, 0.6) is 0 Å². The molecule has 3 heterocycles.